The van der Waals surface area contributed by atoms with E-state index in [4.69, 9.17) is 0 Å². The molecular formula is C25H33N3O5S. The Morgan fingerprint density at radius 3 is 2.32 bits per heavy atom. The van der Waals surface area contributed by atoms with Gasteiger partial charge in [0.25, 0.3) is 5.91 Å². The molecular weight excluding hydrogens is 454 g/mol. The Bertz CT molecular complexity index is 1130. The summed E-state index contributed by atoms with van der Waals surface area (Å²) in [6, 6.07) is 10.4. The van der Waals surface area contributed by atoms with Gasteiger partial charge in [-0.2, -0.15) is 0 Å². The molecule has 1 heterocycles. The molecule has 1 aliphatic rings. The van der Waals surface area contributed by atoms with Crippen LogP contribution in [0.2, 0.25) is 0 Å². The molecule has 3 N–H and O–H groups in total. The number of sulfonamides is 1. The Morgan fingerprint density at radius 2 is 1.71 bits per heavy atom. The van der Waals surface area contributed by atoms with Crippen molar-refractivity contribution in [3.05, 3.63) is 58.7 Å². The van der Waals surface area contributed by atoms with E-state index in [0.29, 0.717) is 35.5 Å². The molecule has 0 saturated carbocycles. The quantitative estimate of drug-likeness (QED) is 0.530. The SMILES string of the molecule is Cc1cc(C)c(S(=O)(=O)NCCC(=O)Nc2cccc(C(=O)N3CCC(CO)CC3)c2)c(C)c1. The van der Waals surface area contributed by atoms with Crippen LogP contribution in [0, 0.1) is 26.7 Å². The monoisotopic (exact) mass is 487 g/mol. The molecule has 0 unspecified atom stereocenters. The number of aryl methyl sites for hydroxylation is 3. The number of benzene rings is 2. The molecule has 1 aliphatic heterocycles. The Labute approximate surface area is 201 Å². The maximum absolute atomic E-state index is 12.8. The molecule has 184 valence electrons. The maximum Gasteiger partial charge on any atom is 0.253 e. The molecule has 3 rings (SSSR count). The molecule has 1 saturated heterocycles. The minimum atomic E-state index is -3.74. The molecule has 0 radical (unpaired) electrons. The van der Waals surface area contributed by atoms with E-state index in [9.17, 15) is 23.1 Å². The summed E-state index contributed by atoms with van der Waals surface area (Å²) in [4.78, 5) is 27.2. The van der Waals surface area contributed by atoms with Crippen LogP contribution in [-0.2, 0) is 14.8 Å². The first kappa shape index (κ1) is 25.9. The van der Waals surface area contributed by atoms with Crippen LogP contribution in [0.4, 0.5) is 5.69 Å². The molecule has 1 fully saturated rings. The number of piperidine rings is 1. The van der Waals surface area contributed by atoms with Crippen LogP contribution in [0.3, 0.4) is 0 Å². The number of hydrogen-bond acceptors (Lipinski definition) is 5. The first-order valence-electron chi connectivity index (χ1n) is 11.5. The van der Waals surface area contributed by atoms with Crippen LogP contribution in [0.25, 0.3) is 0 Å². The third kappa shape index (κ3) is 6.43. The number of likely N-dealkylation sites (tertiary alicyclic amines) is 1. The van der Waals surface area contributed by atoms with Gasteiger partial charge >= 0.3 is 0 Å². The lowest BCUT2D eigenvalue weighted by Gasteiger charge is -2.31. The van der Waals surface area contributed by atoms with Crippen LogP contribution in [0.5, 0.6) is 0 Å². The van der Waals surface area contributed by atoms with E-state index in [2.05, 4.69) is 10.0 Å². The van der Waals surface area contributed by atoms with Crippen LogP contribution >= 0.6 is 0 Å². The lowest BCUT2D eigenvalue weighted by atomic mass is 9.97. The molecule has 9 heteroatoms. The molecule has 8 nitrogen and oxygen atoms in total. The first-order chi connectivity index (χ1) is 16.1. The van der Waals surface area contributed by atoms with E-state index in [0.717, 1.165) is 18.4 Å². The predicted octanol–water partition coefficient (Wildman–Crippen LogP) is 2.76. The Morgan fingerprint density at radius 1 is 1.06 bits per heavy atom. The predicted molar refractivity (Wildman–Crippen MR) is 131 cm³/mol. The number of hydrogen-bond donors (Lipinski definition) is 3. The minimum absolute atomic E-state index is 0.0423. The van der Waals surface area contributed by atoms with Gasteiger partial charge in [-0.25, -0.2) is 13.1 Å². The molecule has 2 aromatic rings. The summed E-state index contributed by atoms with van der Waals surface area (Å²) in [6.07, 6.45) is 1.50. The highest BCUT2D eigenvalue weighted by molar-refractivity contribution is 7.89. The van der Waals surface area contributed by atoms with Gasteiger partial charge in [0.05, 0.1) is 4.90 Å². The number of nitrogens with zero attached hydrogens (tertiary/aromatic N) is 1. The van der Waals surface area contributed by atoms with Gasteiger partial charge in [0.1, 0.15) is 0 Å². The summed E-state index contributed by atoms with van der Waals surface area (Å²) in [5, 5.41) is 12.0. The van der Waals surface area contributed by atoms with Gasteiger partial charge in [-0.3, -0.25) is 9.59 Å². The van der Waals surface area contributed by atoms with E-state index in [1.54, 1.807) is 43.0 Å². The maximum atomic E-state index is 12.8. The second-order valence-electron chi connectivity index (χ2n) is 8.92. The fraction of sp³-hybridized carbons (Fsp3) is 0.440. The average molecular weight is 488 g/mol. The van der Waals surface area contributed by atoms with Crippen molar-refractivity contribution < 1.29 is 23.1 Å². The first-order valence-corrected chi connectivity index (χ1v) is 13.0. The Balaban J connectivity index is 1.55. The van der Waals surface area contributed by atoms with Crippen molar-refractivity contribution in [1.82, 2.24) is 9.62 Å². The lowest BCUT2D eigenvalue weighted by molar-refractivity contribution is -0.116. The molecule has 34 heavy (non-hydrogen) atoms. The molecule has 0 aliphatic carbocycles. The van der Waals surface area contributed by atoms with Gasteiger partial charge in [0.15, 0.2) is 0 Å². The van der Waals surface area contributed by atoms with Crippen molar-refractivity contribution in [2.45, 2.75) is 44.9 Å². The smallest absolute Gasteiger partial charge is 0.253 e. The highest BCUT2D eigenvalue weighted by atomic mass is 32.2. The number of amides is 2. The van der Waals surface area contributed by atoms with Crippen molar-refractivity contribution in [2.75, 3.05) is 31.6 Å². The standard InChI is InChI=1S/C25H33N3O5S/c1-17-13-18(2)24(19(3)14-17)34(32,33)26-10-7-23(30)27-22-6-4-5-21(15-22)25(31)28-11-8-20(16-29)9-12-28/h4-6,13-15,20,26,29H,7-12,16H2,1-3H3,(H,27,30). The number of aliphatic hydroxyl groups excluding tert-OH is 1. The molecule has 0 aromatic heterocycles. The number of aliphatic hydroxyl groups is 1. The summed E-state index contributed by atoms with van der Waals surface area (Å²) in [5.74, 6) is -0.219. The molecule has 0 atom stereocenters. The van der Waals surface area contributed by atoms with Gasteiger partial charge in [-0.05, 0) is 68.9 Å². The zero-order chi connectivity index (χ0) is 24.9. The summed E-state index contributed by atoms with van der Waals surface area (Å²) in [7, 11) is -3.74. The van der Waals surface area contributed by atoms with Crippen molar-refractivity contribution in [2.24, 2.45) is 5.92 Å². The summed E-state index contributed by atoms with van der Waals surface area (Å²) < 4.78 is 28.0. The van der Waals surface area contributed by atoms with E-state index in [1.165, 1.54) is 0 Å². The van der Waals surface area contributed by atoms with Gasteiger partial charge in [-0.15, -0.1) is 0 Å². The van der Waals surface area contributed by atoms with Gasteiger partial charge < -0.3 is 15.3 Å². The fourth-order valence-corrected chi connectivity index (χ4v) is 5.90. The summed E-state index contributed by atoms with van der Waals surface area (Å²) >= 11 is 0. The van der Waals surface area contributed by atoms with Crippen molar-refractivity contribution >= 4 is 27.5 Å². The van der Waals surface area contributed by atoms with E-state index < -0.39 is 10.0 Å². The van der Waals surface area contributed by atoms with Crippen LogP contribution in [0.15, 0.2) is 41.3 Å². The van der Waals surface area contributed by atoms with Crippen LogP contribution in [0.1, 0.15) is 46.3 Å². The lowest BCUT2D eigenvalue weighted by Crippen LogP contribution is -2.39. The number of anilines is 1. The van der Waals surface area contributed by atoms with E-state index in [-0.39, 0.29) is 42.2 Å². The number of nitrogens with one attached hydrogen (secondary N) is 2. The third-order valence-corrected chi connectivity index (χ3v) is 7.84. The van der Waals surface area contributed by atoms with Gasteiger partial charge in [0.2, 0.25) is 15.9 Å². The molecule has 0 spiro atoms. The molecule has 2 amide bonds. The largest absolute Gasteiger partial charge is 0.396 e. The van der Waals surface area contributed by atoms with E-state index in [1.807, 2.05) is 19.1 Å². The number of carbonyl (C=O) groups excluding carboxylic acids is 2. The fourth-order valence-electron chi connectivity index (χ4n) is 4.42. The number of rotatable bonds is 8. The zero-order valence-electron chi connectivity index (χ0n) is 19.9. The molecule has 2 aromatic carbocycles. The normalized spacial score (nSPS) is 14.8. The molecule has 0 bridgehead atoms. The van der Waals surface area contributed by atoms with Crippen molar-refractivity contribution in [3.8, 4) is 0 Å². The average Bonchev–Trinajstić information content (AvgIpc) is 2.77. The van der Waals surface area contributed by atoms with Gasteiger partial charge in [0, 0.05) is 43.9 Å². The van der Waals surface area contributed by atoms with Crippen molar-refractivity contribution in [3.63, 3.8) is 0 Å². The Hall–Kier alpha value is -2.75. The number of carbonyl (C=O) groups is 2. The minimum Gasteiger partial charge on any atom is -0.396 e. The summed E-state index contributed by atoms with van der Waals surface area (Å²) in [6.45, 7) is 6.72. The van der Waals surface area contributed by atoms with Crippen LogP contribution in [-0.4, -0.2) is 56.5 Å². The second-order valence-corrected chi connectivity index (χ2v) is 10.6. The van der Waals surface area contributed by atoms with E-state index >= 15 is 0 Å². The highest BCUT2D eigenvalue weighted by Gasteiger charge is 2.23. The third-order valence-electron chi connectivity index (χ3n) is 6.07. The van der Waals surface area contributed by atoms with Crippen LogP contribution < -0.4 is 10.0 Å². The summed E-state index contributed by atoms with van der Waals surface area (Å²) in [5.41, 5.74) is 3.28. The Kier molecular flexibility index (Phi) is 8.46. The topological polar surface area (TPSA) is 116 Å². The van der Waals surface area contributed by atoms with Gasteiger partial charge in [-0.1, -0.05) is 23.8 Å². The second kappa shape index (κ2) is 11.1. The zero-order valence-corrected chi connectivity index (χ0v) is 20.7. The highest BCUT2D eigenvalue weighted by Crippen LogP contribution is 2.22. The van der Waals surface area contributed by atoms with Crippen molar-refractivity contribution in [1.29, 1.82) is 0 Å².